The second-order valence-corrected chi connectivity index (χ2v) is 7.67. The molecule has 0 bridgehead atoms. The van der Waals surface area contributed by atoms with E-state index in [1.165, 1.54) is 0 Å². The summed E-state index contributed by atoms with van der Waals surface area (Å²) in [6, 6.07) is 0. The third-order valence-electron chi connectivity index (χ3n) is 2.97. The first kappa shape index (κ1) is 19.4. The van der Waals surface area contributed by atoms with E-state index in [-0.39, 0.29) is 22.3 Å². The minimum Gasteiger partial charge on any atom is -0.481 e. The van der Waals surface area contributed by atoms with Crippen LogP contribution in [0.25, 0.3) is 0 Å². The van der Waals surface area contributed by atoms with Gasteiger partial charge in [-0.2, -0.15) is 0 Å². The second kappa shape index (κ2) is 10.1. The van der Waals surface area contributed by atoms with E-state index in [1.54, 1.807) is 0 Å². The lowest BCUT2D eigenvalue weighted by Gasteiger charge is -2.29. The Hall–Kier alpha value is -0.630. The van der Waals surface area contributed by atoms with Crippen molar-refractivity contribution in [3.63, 3.8) is 0 Å². The number of nitroso groups, excluding NO2 is 2. The van der Waals surface area contributed by atoms with E-state index in [4.69, 9.17) is 5.11 Å². The molecule has 0 aliphatic rings. The number of nitrogens with zero attached hydrogens (tertiary/aromatic N) is 2. The van der Waals surface area contributed by atoms with Crippen LogP contribution < -0.4 is 0 Å². The van der Waals surface area contributed by atoms with Crippen LogP contribution in [0.1, 0.15) is 52.9 Å². The molecule has 2 atom stereocenters. The Balaban J connectivity index is 4.37. The maximum absolute atomic E-state index is 10.5. The minimum atomic E-state index is -0.809. The molecule has 0 saturated heterocycles. The van der Waals surface area contributed by atoms with Crippen molar-refractivity contribution in [3.8, 4) is 0 Å². The molecule has 0 rings (SSSR count). The number of hydrogen-bond acceptors (Lipinski definition) is 7. The van der Waals surface area contributed by atoms with Gasteiger partial charge < -0.3 is 5.11 Å². The zero-order valence-corrected chi connectivity index (χ0v) is 13.7. The average Bonchev–Trinajstić information content (AvgIpc) is 2.32. The summed E-state index contributed by atoms with van der Waals surface area (Å²) < 4.78 is 5.78. The molecule has 0 aromatic rings. The molecule has 0 aromatic heterocycles. The molecule has 0 fully saturated rings. The molecule has 6 nitrogen and oxygen atoms in total. The number of unbranched alkanes of at least 4 members (excludes halogenated alkanes) is 1. The van der Waals surface area contributed by atoms with Crippen LogP contribution in [0.4, 0.5) is 0 Å². The minimum absolute atomic E-state index is 0.000213. The predicted octanol–water partition coefficient (Wildman–Crippen LogP) is 4.63. The van der Waals surface area contributed by atoms with E-state index >= 15 is 0 Å². The number of hydrogen-bond donors (Lipinski definition) is 1. The Bertz CT molecular complexity index is 321. The first-order valence-corrected chi connectivity index (χ1v) is 8.17. The number of carbonyl (C=O) groups is 1. The molecular weight excluding hydrogens is 300 g/mol. The fourth-order valence-electron chi connectivity index (χ4n) is 1.77. The van der Waals surface area contributed by atoms with Crippen LogP contribution in [0.3, 0.4) is 0 Å². The van der Waals surface area contributed by atoms with Gasteiger partial charge in [0.2, 0.25) is 0 Å². The van der Waals surface area contributed by atoms with Gasteiger partial charge in [-0.3, -0.25) is 4.79 Å². The van der Waals surface area contributed by atoms with Crippen LogP contribution in [0, 0.1) is 15.2 Å². The molecule has 0 saturated carbocycles. The molecule has 2 unspecified atom stereocenters. The molecular formula is C12H22N2O4S2. The SMILES string of the molecule is CC(C)(C)C(CC(CCCCC(=O)O)SN=O)SN=O. The van der Waals surface area contributed by atoms with Gasteiger partial charge in [-0.1, -0.05) is 27.2 Å². The van der Waals surface area contributed by atoms with Gasteiger partial charge in [-0.05, 0) is 24.7 Å². The molecule has 0 spiro atoms. The highest BCUT2D eigenvalue weighted by molar-refractivity contribution is 7.99. The average molecular weight is 322 g/mol. The summed E-state index contributed by atoms with van der Waals surface area (Å²) in [6.07, 6.45) is 2.83. The molecule has 0 amide bonds. The Morgan fingerprint density at radius 3 is 2.20 bits per heavy atom. The monoisotopic (exact) mass is 322 g/mol. The lowest BCUT2D eigenvalue weighted by atomic mass is 9.88. The van der Waals surface area contributed by atoms with Crippen LogP contribution in [0.2, 0.25) is 0 Å². The molecule has 20 heavy (non-hydrogen) atoms. The number of carboxylic acid groups (broad SMARTS) is 1. The summed E-state index contributed by atoms with van der Waals surface area (Å²) in [5.41, 5.74) is -0.0959. The van der Waals surface area contributed by atoms with Gasteiger partial charge in [0.15, 0.2) is 0 Å². The van der Waals surface area contributed by atoms with Gasteiger partial charge in [-0.15, -0.1) is 9.81 Å². The van der Waals surface area contributed by atoms with Crippen molar-refractivity contribution in [2.24, 2.45) is 14.6 Å². The van der Waals surface area contributed by atoms with Crippen LogP contribution in [0.15, 0.2) is 9.16 Å². The predicted molar refractivity (Wildman–Crippen MR) is 84.5 cm³/mol. The zero-order valence-electron chi connectivity index (χ0n) is 12.1. The van der Waals surface area contributed by atoms with Gasteiger partial charge in [0.25, 0.3) is 0 Å². The largest absolute Gasteiger partial charge is 0.481 e. The van der Waals surface area contributed by atoms with Crippen molar-refractivity contribution in [2.45, 2.75) is 63.4 Å². The van der Waals surface area contributed by atoms with Crippen molar-refractivity contribution in [2.75, 3.05) is 0 Å². The van der Waals surface area contributed by atoms with E-state index in [1.807, 2.05) is 20.8 Å². The van der Waals surface area contributed by atoms with Gasteiger partial charge in [0.1, 0.15) is 0 Å². The van der Waals surface area contributed by atoms with E-state index in [0.717, 1.165) is 36.7 Å². The lowest BCUT2D eigenvalue weighted by Crippen LogP contribution is -2.26. The van der Waals surface area contributed by atoms with Gasteiger partial charge in [0, 0.05) is 50.0 Å². The van der Waals surface area contributed by atoms with Crippen molar-refractivity contribution < 1.29 is 9.90 Å². The highest BCUT2D eigenvalue weighted by Gasteiger charge is 2.29. The molecule has 0 heterocycles. The zero-order chi connectivity index (χ0) is 15.6. The summed E-state index contributed by atoms with van der Waals surface area (Å²) in [5, 5.41) is 8.59. The Morgan fingerprint density at radius 1 is 1.15 bits per heavy atom. The Labute approximate surface area is 128 Å². The molecule has 116 valence electrons. The molecule has 8 heteroatoms. The van der Waals surface area contributed by atoms with Crippen molar-refractivity contribution in [3.05, 3.63) is 9.81 Å². The quantitative estimate of drug-likeness (QED) is 0.338. The first-order chi connectivity index (χ1) is 9.31. The normalized spacial score (nSPS) is 14.6. The van der Waals surface area contributed by atoms with E-state index in [0.29, 0.717) is 12.8 Å². The smallest absolute Gasteiger partial charge is 0.303 e. The Morgan fingerprint density at radius 2 is 1.75 bits per heavy atom. The van der Waals surface area contributed by atoms with Gasteiger partial charge in [-0.25, -0.2) is 0 Å². The number of aliphatic carboxylic acids is 1. The van der Waals surface area contributed by atoms with E-state index in [9.17, 15) is 14.6 Å². The third-order valence-corrected chi connectivity index (χ3v) is 5.02. The fraction of sp³-hybridized carbons (Fsp3) is 0.917. The molecule has 0 aliphatic carbocycles. The van der Waals surface area contributed by atoms with Crippen LogP contribution in [-0.4, -0.2) is 21.6 Å². The van der Waals surface area contributed by atoms with Crippen molar-refractivity contribution in [1.82, 2.24) is 0 Å². The van der Waals surface area contributed by atoms with E-state index in [2.05, 4.69) is 9.16 Å². The number of carboxylic acids is 1. The standard InChI is InChI=1S/C12H22N2O4S2/c1-12(2,3)10(20-14-18)8-9(19-13-17)6-4-5-7-11(15)16/h9-10H,4-8H2,1-3H3,(H,15,16). The summed E-state index contributed by atoms with van der Waals surface area (Å²) >= 11 is 1.97. The van der Waals surface area contributed by atoms with Crippen LogP contribution >= 0.6 is 23.9 Å². The summed E-state index contributed by atoms with van der Waals surface area (Å²) in [5.74, 6) is -0.809. The van der Waals surface area contributed by atoms with Crippen molar-refractivity contribution in [1.29, 1.82) is 0 Å². The maximum atomic E-state index is 10.5. The van der Waals surface area contributed by atoms with E-state index < -0.39 is 5.97 Å². The fourth-order valence-corrected chi connectivity index (χ4v) is 3.30. The number of rotatable bonds is 11. The van der Waals surface area contributed by atoms with Gasteiger partial charge in [0.05, 0.1) is 0 Å². The molecule has 0 radical (unpaired) electrons. The highest BCUT2D eigenvalue weighted by atomic mass is 32.2. The summed E-state index contributed by atoms with van der Waals surface area (Å²) in [4.78, 5) is 31.4. The molecule has 0 aliphatic heterocycles. The lowest BCUT2D eigenvalue weighted by molar-refractivity contribution is -0.137. The highest BCUT2D eigenvalue weighted by Crippen LogP contribution is 2.37. The summed E-state index contributed by atoms with van der Waals surface area (Å²) in [7, 11) is 0. The third kappa shape index (κ3) is 9.30. The van der Waals surface area contributed by atoms with Gasteiger partial charge >= 0.3 is 5.97 Å². The topological polar surface area (TPSA) is 96.2 Å². The second-order valence-electron chi connectivity index (χ2n) is 5.71. The van der Waals surface area contributed by atoms with Crippen LogP contribution in [0.5, 0.6) is 0 Å². The first-order valence-electron chi connectivity index (χ1n) is 6.50. The van der Waals surface area contributed by atoms with Crippen molar-refractivity contribution >= 4 is 29.9 Å². The maximum Gasteiger partial charge on any atom is 0.303 e. The molecule has 1 N–H and O–H groups in total. The summed E-state index contributed by atoms with van der Waals surface area (Å²) in [6.45, 7) is 6.07. The molecule has 0 aromatic carbocycles. The Kier molecular flexibility index (Phi) is 9.83. The van der Waals surface area contributed by atoms with Crippen LogP contribution in [-0.2, 0) is 4.79 Å².